The van der Waals surface area contributed by atoms with Gasteiger partial charge >= 0.3 is 11.5 Å². The lowest BCUT2D eigenvalue weighted by atomic mass is 9.73. The zero-order chi connectivity index (χ0) is 60.0. The molecule has 24 heteroatoms. The molecule has 450 valence electrons. The molecule has 6 aliphatic rings. The van der Waals surface area contributed by atoms with E-state index in [9.17, 15) is 49.2 Å². The Hall–Kier alpha value is -6.47. The number of sulfone groups is 1. The second kappa shape index (κ2) is 24.4. The number of amides is 5. The number of anilines is 2. The molecule has 1 aliphatic carbocycles. The minimum Gasteiger partial charge on any atom is -0.380 e. The number of nitrogens with one attached hydrogen (secondary N) is 3. The van der Waals surface area contributed by atoms with E-state index in [2.05, 4.69) is 56.2 Å². The molecule has 0 unspecified atom stereocenters. The van der Waals surface area contributed by atoms with Crippen LogP contribution in [0.4, 0.5) is 29.3 Å². The SMILES string of the molecule is CC1(C)CCC(c2ccc(Cl)cc2)=C(CN2CCN(c3ccc(C(=O)NS(=O)(=O)c4ccc(N[C@H](CCN5C[C@H]6C[C@@H]5CN6Cc5ccc6c(c5)CN(N5CCC(=O)NC5=O)C6=O)CSc5ccccc5)c(S(=O)(=O)C(F)(F)F)c4)cc3)CC2)C1. The molecule has 0 spiro atoms. The molecule has 5 aliphatic heterocycles. The molecule has 0 saturated carbocycles. The number of benzene rings is 5. The normalized spacial score (nSPS) is 20.9. The Bertz CT molecular complexity index is 3650. The third kappa shape index (κ3) is 13.4. The number of hydrogen-bond donors (Lipinski definition) is 3. The van der Waals surface area contributed by atoms with Crippen LogP contribution in [0.5, 0.6) is 0 Å². The number of nitrogens with zero attached hydrogens (tertiary/aromatic N) is 6. The van der Waals surface area contributed by atoms with Gasteiger partial charge in [0.25, 0.3) is 31.7 Å². The highest BCUT2D eigenvalue weighted by atomic mass is 35.5. The lowest BCUT2D eigenvalue weighted by Gasteiger charge is -2.39. The van der Waals surface area contributed by atoms with Crippen LogP contribution in [-0.2, 0) is 37.7 Å². The Labute approximate surface area is 502 Å². The summed E-state index contributed by atoms with van der Waals surface area (Å²) < 4.78 is 100. The number of carbonyl (C=O) groups is 4. The minimum atomic E-state index is -6.14. The number of hydrogen-bond acceptors (Lipinski definition) is 14. The first-order chi connectivity index (χ1) is 40.5. The summed E-state index contributed by atoms with van der Waals surface area (Å²) in [6, 6.07) is 31.0. The summed E-state index contributed by atoms with van der Waals surface area (Å²) in [5, 5.41) is 8.67. The van der Waals surface area contributed by atoms with Gasteiger partial charge in [-0.15, -0.1) is 11.8 Å². The molecular weight excluding hydrogens is 1180 g/mol. The first kappa shape index (κ1) is 60.2. The highest BCUT2D eigenvalue weighted by Crippen LogP contribution is 2.44. The first-order valence-electron chi connectivity index (χ1n) is 28.5. The van der Waals surface area contributed by atoms with Crippen molar-refractivity contribution in [2.45, 2.75) is 104 Å². The van der Waals surface area contributed by atoms with E-state index in [-0.39, 0.29) is 54.4 Å². The third-order valence-corrected chi connectivity index (χ3v) is 21.5. The van der Waals surface area contributed by atoms with Gasteiger partial charge in [-0.3, -0.25) is 34.4 Å². The number of thioether (sulfide) groups is 1. The lowest BCUT2D eigenvalue weighted by molar-refractivity contribution is -0.123. The van der Waals surface area contributed by atoms with E-state index in [0.29, 0.717) is 61.5 Å². The van der Waals surface area contributed by atoms with Gasteiger partial charge < -0.3 is 10.2 Å². The molecule has 5 amide bonds. The smallest absolute Gasteiger partial charge is 0.380 e. The maximum Gasteiger partial charge on any atom is 0.501 e. The molecule has 5 heterocycles. The van der Waals surface area contributed by atoms with Crippen LogP contribution < -0.4 is 20.3 Å². The van der Waals surface area contributed by atoms with E-state index in [0.717, 1.165) is 85.7 Å². The van der Waals surface area contributed by atoms with Crippen molar-refractivity contribution in [1.82, 2.24) is 34.8 Å². The van der Waals surface area contributed by atoms with Gasteiger partial charge in [-0.1, -0.05) is 73.5 Å². The number of halogens is 4. The molecule has 5 aromatic carbocycles. The van der Waals surface area contributed by atoms with Crippen LogP contribution in [-0.4, -0.2) is 154 Å². The van der Waals surface area contributed by atoms with Gasteiger partial charge in [0.2, 0.25) is 5.91 Å². The van der Waals surface area contributed by atoms with E-state index >= 15 is 0 Å². The third-order valence-electron chi connectivity index (χ3n) is 17.2. The molecule has 3 N–H and O–H groups in total. The number of alkyl halides is 3. The summed E-state index contributed by atoms with van der Waals surface area (Å²) in [5.74, 6) is -1.43. The van der Waals surface area contributed by atoms with Crippen molar-refractivity contribution < 1.29 is 49.2 Å². The van der Waals surface area contributed by atoms with Crippen molar-refractivity contribution in [2.24, 2.45) is 5.41 Å². The Morgan fingerprint density at radius 2 is 1.53 bits per heavy atom. The largest absolute Gasteiger partial charge is 0.501 e. The number of urea groups is 1. The lowest BCUT2D eigenvalue weighted by Crippen LogP contribution is -2.56. The fourth-order valence-corrected chi connectivity index (χ4v) is 15.8. The summed E-state index contributed by atoms with van der Waals surface area (Å²) in [7, 11) is -11.1. The number of hydrazine groups is 1. The summed E-state index contributed by atoms with van der Waals surface area (Å²) in [4.78, 5) is 59.2. The minimum absolute atomic E-state index is 0.0234. The van der Waals surface area contributed by atoms with Crippen LogP contribution in [0.25, 0.3) is 5.57 Å². The van der Waals surface area contributed by atoms with Crippen LogP contribution >= 0.6 is 23.4 Å². The number of piperazine rings is 2. The number of fused-ring (bicyclic) bond motifs is 3. The first-order valence-corrected chi connectivity index (χ1v) is 32.8. The summed E-state index contributed by atoms with van der Waals surface area (Å²) in [6.45, 7) is 11.4. The standard InChI is InChI=1S/C61H67ClF3N9O8S3/c1-60(2)23-20-52(41-9-13-45(62)14-10-41)44(33-60)35-69-26-28-70(29-27-69)47-15-11-42(12-16-47)57(76)68-85(81,82)51-17-19-54(55(32-51)84(79,80)61(63,64)65)66-46(39-83-50-6-4-3-5-7-50)21-24-71-37-49-31-48(71)38-72(49)34-40-8-18-53-43(30-40)36-74(58(53)77)73-25-22-56(75)67-59(73)78/h3-19,30,32,46,48-49,66H,20-29,31,33-39H2,1-2H3,(H,68,76)(H,67,75,78)/t46-,48-,49-/m1/s1. The molecular formula is C61H67ClF3N9O8S3. The van der Waals surface area contributed by atoms with Gasteiger partial charge in [0.1, 0.15) is 4.90 Å². The highest BCUT2D eigenvalue weighted by Gasteiger charge is 2.49. The molecule has 0 radical (unpaired) electrons. The fraction of sp³-hybridized carbons (Fsp3) is 0.410. The Kier molecular flexibility index (Phi) is 17.3. The van der Waals surface area contributed by atoms with E-state index in [1.165, 1.54) is 50.6 Å². The maximum absolute atomic E-state index is 14.5. The average Bonchev–Trinajstić information content (AvgIpc) is 2.61. The van der Waals surface area contributed by atoms with Crippen LogP contribution in [0.1, 0.15) is 89.8 Å². The molecule has 0 aromatic heterocycles. The quantitative estimate of drug-likeness (QED) is 0.0663. The van der Waals surface area contributed by atoms with E-state index < -0.39 is 58.8 Å². The molecule has 3 atom stereocenters. The van der Waals surface area contributed by atoms with Gasteiger partial charge in [0.15, 0.2) is 0 Å². The van der Waals surface area contributed by atoms with Crippen LogP contribution in [0.3, 0.4) is 0 Å². The number of sulfonamides is 1. The van der Waals surface area contributed by atoms with Gasteiger partial charge in [0.05, 0.1) is 23.7 Å². The van der Waals surface area contributed by atoms with E-state index in [4.69, 9.17) is 11.6 Å². The Morgan fingerprint density at radius 3 is 2.22 bits per heavy atom. The molecule has 5 aromatic rings. The van der Waals surface area contributed by atoms with Crippen LogP contribution in [0.2, 0.25) is 5.02 Å². The van der Waals surface area contributed by atoms with Crippen molar-refractivity contribution in [3.05, 3.63) is 154 Å². The van der Waals surface area contributed by atoms with Gasteiger partial charge in [0, 0.05) is 116 Å². The second-order valence-electron chi connectivity index (χ2n) is 23.6. The van der Waals surface area contributed by atoms with E-state index in [1.807, 2.05) is 59.3 Å². The van der Waals surface area contributed by atoms with Crippen molar-refractivity contribution in [3.63, 3.8) is 0 Å². The van der Waals surface area contributed by atoms with Crippen LogP contribution in [0, 0.1) is 5.41 Å². The molecule has 4 fully saturated rings. The summed E-state index contributed by atoms with van der Waals surface area (Å²) >= 11 is 7.65. The average molecular weight is 1240 g/mol. The fourth-order valence-electron chi connectivity index (χ4n) is 12.6. The number of imide groups is 1. The number of carbonyl (C=O) groups excluding carboxylic acids is 4. The molecule has 17 nitrogen and oxygen atoms in total. The number of likely N-dealkylation sites (tertiary alicyclic amines) is 2. The molecule has 2 bridgehead atoms. The predicted molar refractivity (Wildman–Crippen MR) is 320 cm³/mol. The van der Waals surface area contributed by atoms with Gasteiger partial charge in [-0.2, -0.15) is 13.2 Å². The Morgan fingerprint density at radius 1 is 0.812 bits per heavy atom. The van der Waals surface area contributed by atoms with Gasteiger partial charge in [-0.05, 0) is 133 Å². The second-order valence-corrected chi connectivity index (χ2v) is 28.7. The summed E-state index contributed by atoms with van der Waals surface area (Å²) in [5.41, 5.74) is 1.09. The zero-order valence-electron chi connectivity index (χ0n) is 47.1. The monoisotopic (exact) mass is 1240 g/mol. The van der Waals surface area contributed by atoms with Crippen molar-refractivity contribution in [3.8, 4) is 0 Å². The number of rotatable bonds is 19. The van der Waals surface area contributed by atoms with Crippen LogP contribution in [0.15, 0.2) is 136 Å². The van der Waals surface area contributed by atoms with Crippen molar-refractivity contribution >= 4 is 83.9 Å². The van der Waals surface area contributed by atoms with E-state index in [1.54, 1.807) is 18.2 Å². The van der Waals surface area contributed by atoms with Crippen molar-refractivity contribution in [2.75, 3.05) is 74.9 Å². The molecule has 85 heavy (non-hydrogen) atoms. The summed E-state index contributed by atoms with van der Waals surface area (Å²) in [6.07, 6.45) is 4.48. The van der Waals surface area contributed by atoms with Crippen molar-refractivity contribution in [1.29, 1.82) is 0 Å². The topological polar surface area (TPSA) is 192 Å². The predicted octanol–water partition coefficient (Wildman–Crippen LogP) is 9.27. The number of allylic oxidation sites excluding steroid dienone is 1. The Balaban J connectivity index is 0.726. The van der Waals surface area contributed by atoms with Gasteiger partial charge in [-0.25, -0.2) is 36.4 Å². The molecule has 4 saturated heterocycles. The highest BCUT2D eigenvalue weighted by molar-refractivity contribution is 7.99. The zero-order valence-corrected chi connectivity index (χ0v) is 50.3. The molecule has 11 rings (SSSR count). The maximum atomic E-state index is 14.5.